The van der Waals surface area contributed by atoms with E-state index in [9.17, 15) is 10.2 Å². The van der Waals surface area contributed by atoms with Crippen molar-refractivity contribution in [1.29, 1.82) is 0 Å². The minimum atomic E-state index is -0.526. The molecule has 1 unspecified atom stereocenters. The number of nitrogens with zero attached hydrogens (tertiary/aromatic N) is 1. The number of fused-ring (bicyclic) bond motifs is 1. The fraction of sp³-hybridized carbons (Fsp3) is 0.429. The largest absolute Gasteiger partial charge is 0.391 e. The SMILES string of the molecule is C[C@@]12C[C@@H](O)CN1C=C(c1ccccc1)C2O. The van der Waals surface area contributed by atoms with Crippen LogP contribution in [0.25, 0.3) is 5.57 Å². The van der Waals surface area contributed by atoms with E-state index < -0.39 is 6.10 Å². The standard InChI is InChI=1S/C14H17NO2/c1-14-7-11(16)8-15(14)9-12(13(14)17)10-5-3-2-4-6-10/h2-6,9,11,13,16-17H,7-8H2,1H3/t11-,13?,14+/m1/s1. The number of hydrogen-bond donors (Lipinski definition) is 2. The van der Waals surface area contributed by atoms with Crippen molar-refractivity contribution in [2.75, 3.05) is 6.54 Å². The molecule has 1 aromatic rings. The van der Waals surface area contributed by atoms with Crippen LogP contribution in [0.3, 0.4) is 0 Å². The topological polar surface area (TPSA) is 43.7 Å². The van der Waals surface area contributed by atoms with Gasteiger partial charge >= 0.3 is 0 Å². The predicted molar refractivity (Wildman–Crippen MR) is 66.2 cm³/mol. The van der Waals surface area contributed by atoms with Crippen LogP contribution < -0.4 is 0 Å². The number of rotatable bonds is 1. The Kier molecular flexibility index (Phi) is 2.28. The molecule has 0 amide bonds. The second-order valence-electron chi connectivity index (χ2n) is 5.22. The highest BCUT2D eigenvalue weighted by Gasteiger charge is 2.50. The first-order chi connectivity index (χ1) is 8.11. The van der Waals surface area contributed by atoms with Crippen LogP contribution in [-0.2, 0) is 0 Å². The number of hydrogen-bond acceptors (Lipinski definition) is 3. The first-order valence-electron chi connectivity index (χ1n) is 6.01. The molecule has 0 bridgehead atoms. The van der Waals surface area contributed by atoms with Crippen molar-refractivity contribution < 1.29 is 10.2 Å². The van der Waals surface area contributed by atoms with E-state index in [1.807, 2.05) is 43.5 Å². The quantitative estimate of drug-likeness (QED) is 0.764. The molecule has 0 spiro atoms. The van der Waals surface area contributed by atoms with Crippen LogP contribution >= 0.6 is 0 Å². The van der Waals surface area contributed by atoms with Gasteiger partial charge in [-0.25, -0.2) is 0 Å². The summed E-state index contributed by atoms with van der Waals surface area (Å²) in [4.78, 5) is 2.07. The van der Waals surface area contributed by atoms with Gasteiger partial charge < -0.3 is 15.1 Å². The Morgan fingerprint density at radius 3 is 2.59 bits per heavy atom. The van der Waals surface area contributed by atoms with Crippen molar-refractivity contribution in [2.45, 2.75) is 31.1 Å². The molecule has 2 aliphatic rings. The summed E-state index contributed by atoms with van der Waals surface area (Å²) in [5, 5.41) is 20.2. The molecule has 1 saturated heterocycles. The molecule has 1 fully saturated rings. The molecule has 2 heterocycles. The van der Waals surface area contributed by atoms with E-state index >= 15 is 0 Å². The molecule has 3 nitrogen and oxygen atoms in total. The van der Waals surface area contributed by atoms with Gasteiger partial charge in [-0.3, -0.25) is 0 Å². The van der Waals surface area contributed by atoms with E-state index in [-0.39, 0.29) is 11.6 Å². The van der Waals surface area contributed by atoms with Crippen molar-refractivity contribution in [2.24, 2.45) is 0 Å². The fourth-order valence-corrected chi connectivity index (χ4v) is 3.00. The van der Waals surface area contributed by atoms with E-state index in [4.69, 9.17) is 0 Å². The Labute approximate surface area is 101 Å². The van der Waals surface area contributed by atoms with Crippen molar-refractivity contribution in [3.8, 4) is 0 Å². The van der Waals surface area contributed by atoms with Crippen molar-refractivity contribution in [3.63, 3.8) is 0 Å². The van der Waals surface area contributed by atoms with E-state index in [2.05, 4.69) is 4.90 Å². The summed E-state index contributed by atoms with van der Waals surface area (Å²) in [6, 6.07) is 9.94. The summed E-state index contributed by atoms with van der Waals surface area (Å²) in [6.07, 6.45) is 1.77. The molecule has 2 aliphatic heterocycles. The number of aliphatic hydroxyl groups excluding tert-OH is 2. The van der Waals surface area contributed by atoms with Crippen molar-refractivity contribution >= 4 is 5.57 Å². The van der Waals surface area contributed by atoms with Gasteiger partial charge in [0.25, 0.3) is 0 Å². The van der Waals surface area contributed by atoms with Crippen LogP contribution in [0.15, 0.2) is 36.5 Å². The highest BCUT2D eigenvalue weighted by molar-refractivity contribution is 5.72. The van der Waals surface area contributed by atoms with Gasteiger partial charge in [-0.1, -0.05) is 30.3 Å². The summed E-state index contributed by atoms with van der Waals surface area (Å²) < 4.78 is 0. The Balaban J connectivity index is 1.98. The van der Waals surface area contributed by atoms with Crippen LogP contribution in [0.4, 0.5) is 0 Å². The third kappa shape index (κ3) is 1.50. The lowest BCUT2D eigenvalue weighted by Gasteiger charge is -2.32. The molecule has 17 heavy (non-hydrogen) atoms. The smallest absolute Gasteiger partial charge is 0.104 e. The molecule has 90 valence electrons. The first kappa shape index (κ1) is 10.8. The summed E-state index contributed by atoms with van der Waals surface area (Å²) in [7, 11) is 0. The average molecular weight is 231 g/mol. The predicted octanol–water partition coefficient (Wildman–Crippen LogP) is 1.23. The zero-order valence-electron chi connectivity index (χ0n) is 9.87. The minimum Gasteiger partial charge on any atom is -0.391 e. The Bertz CT molecular complexity index is 457. The van der Waals surface area contributed by atoms with Crippen LogP contribution in [-0.4, -0.2) is 39.4 Å². The lowest BCUT2D eigenvalue weighted by atomic mass is 9.87. The van der Waals surface area contributed by atoms with Crippen molar-refractivity contribution in [1.82, 2.24) is 4.90 Å². The third-order valence-electron chi connectivity index (χ3n) is 4.00. The molecule has 0 aromatic heterocycles. The molecule has 3 rings (SSSR count). The Hall–Kier alpha value is -1.32. The van der Waals surface area contributed by atoms with Crippen LogP contribution in [0.1, 0.15) is 18.9 Å². The number of benzene rings is 1. The molecule has 1 aromatic carbocycles. The molecule has 2 N–H and O–H groups in total. The maximum absolute atomic E-state index is 10.5. The van der Waals surface area contributed by atoms with E-state index in [0.717, 1.165) is 11.1 Å². The van der Waals surface area contributed by atoms with Gasteiger partial charge in [0, 0.05) is 24.7 Å². The zero-order chi connectivity index (χ0) is 12.0. The molecular weight excluding hydrogens is 214 g/mol. The van der Waals surface area contributed by atoms with Gasteiger partial charge in [-0.2, -0.15) is 0 Å². The van der Waals surface area contributed by atoms with Crippen molar-refractivity contribution in [3.05, 3.63) is 42.1 Å². The maximum Gasteiger partial charge on any atom is 0.104 e. The maximum atomic E-state index is 10.5. The van der Waals surface area contributed by atoms with Crippen LogP contribution in [0.5, 0.6) is 0 Å². The molecule has 0 aliphatic carbocycles. The minimum absolute atomic E-state index is 0.330. The summed E-state index contributed by atoms with van der Waals surface area (Å²) in [5.74, 6) is 0. The molecule has 3 atom stereocenters. The zero-order valence-corrected chi connectivity index (χ0v) is 9.87. The highest BCUT2D eigenvalue weighted by Crippen LogP contribution is 2.43. The lowest BCUT2D eigenvalue weighted by molar-refractivity contribution is 0.0839. The van der Waals surface area contributed by atoms with Crippen LogP contribution in [0, 0.1) is 0 Å². The monoisotopic (exact) mass is 231 g/mol. The summed E-state index contributed by atoms with van der Waals surface area (Å²) in [5.41, 5.74) is 1.68. The Morgan fingerprint density at radius 1 is 1.24 bits per heavy atom. The summed E-state index contributed by atoms with van der Waals surface area (Å²) in [6.45, 7) is 2.63. The van der Waals surface area contributed by atoms with Crippen LogP contribution in [0.2, 0.25) is 0 Å². The summed E-state index contributed by atoms with van der Waals surface area (Å²) >= 11 is 0. The van der Waals surface area contributed by atoms with Gasteiger partial charge in [0.15, 0.2) is 0 Å². The molecular formula is C14H17NO2. The lowest BCUT2D eigenvalue weighted by Crippen LogP contribution is -2.43. The first-order valence-corrected chi connectivity index (χ1v) is 6.01. The third-order valence-corrected chi connectivity index (χ3v) is 4.00. The normalized spacial score (nSPS) is 35.9. The number of aliphatic hydroxyl groups is 2. The van der Waals surface area contributed by atoms with Gasteiger partial charge in [-0.05, 0) is 12.5 Å². The highest BCUT2D eigenvalue weighted by atomic mass is 16.3. The van der Waals surface area contributed by atoms with Gasteiger partial charge in [-0.15, -0.1) is 0 Å². The molecule has 3 heteroatoms. The van der Waals surface area contributed by atoms with Gasteiger partial charge in [0.2, 0.25) is 0 Å². The molecule has 0 saturated carbocycles. The van der Waals surface area contributed by atoms with Gasteiger partial charge in [0.05, 0.1) is 11.6 Å². The molecule has 0 radical (unpaired) electrons. The van der Waals surface area contributed by atoms with E-state index in [1.165, 1.54) is 0 Å². The average Bonchev–Trinajstić information content (AvgIpc) is 2.73. The van der Waals surface area contributed by atoms with E-state index in [0.29, 0.717) is 13.0 Å². The fourth-order valence-electron chi connectivity index (χ4n) is 3.00. The second-order valence-corrected chi connectivity index (χ2v) is 5.22. The van der Waals surface area contributed by atoms with E-state index in [1.54, 1.807) is 0 Å². The van der Waals surface area contributed by atoms with Gasteiger partial charge in [0.1, 0.15) is 6.10 Å². The number of β-amino-alcohol motifs (C(OH)–C–C–N with tert-alkyl or cyclic N) is 1. The second kappa shape index (κ2) is 3.59. The Morgan fingerprint density at radius 2 is 1.94 bits per heavy atom.